The summed E-state index contributed by atoms with van der Waals surface area (Å²) in [5, 5.41) is 17.7. The monoisotopic (exact) mass is 360 g/mol. The highest BCUT2D eigenvalue weighted by Gasteiger charge is 2.07. The van der Waals surface area contributed by atoms with Gasteiger partial charge < -0.3 is 19.7 Å². The van der Waals surface area contributed by atoms with Gasteiger partial charge in [-0.1, -0.05) is 77.6 Å². The van der Waals surface area contributed by atoms with Crippen LogP contribution < -0.4 is 0 Å². The second-order valence-electron chi connectivity index (χ2n) is 6.77. The third-order valence-electron chi connectivity index (χ3n) is 4.24. The molecule has 2 N–H and O–H groups in total. The van der Waals surface area contributed by atoms with E-state index in [1.807, 2.05) is 0 Å². The Morgan fingerprint density at radius 3 is 1.88 bits per heavy atom. The summed E-state index contributed by atoms with van der Waals surface area (Å²) < 4.78 is 10.2. The van der Waals surface area contributed by atoms with Crippen LogP contribution in [0.25, 0.3) is 0 Å². The first-order valence-electron chi connectivity index (χ1n) is 10.2. The Morgan fingerprint density at radius 1 is 0.840 bits per heavy atom. The molecule has 1 unspecified atom stereocenters. The molecule has 0 aromatic carbocycles. The average Bonchev–Trinajstić information content (AvgIpc) is 2.62. The number of ether oxygens (including phenoxy) is 2. The van der Waals surface area contributed by atoms with Crippen LogP contribution in [-0.2, 0) is 14.3 Å². The molecule has 0 saturated carbocycles. The summed E-state index contributed by atoms with van der Waals surface area (Å²) in [7, 11) is 0. The zero-order valence-corrected chi connectivity index (χ0v) is 16.2. The molecule has 150 valence electrons. The van der Waals surface area contributed by atoms with Gasteiger partial charge in [0.15, 0.2) is 0 Å². The Hall–Kier alpha value is -0.650. The fourth-order valence-electron chi connectivity index (χ4n) is 2.62. The summed E-state index contributed by atoms with van der Waals surface area (Å²) in [6.45, 7) is 2.74. The molecular formula is C20H40O5. The second-order valence-corrected chi connectivity index (χ2v) is 6.77. The number of rotatable bonds is 19. The summed E-state index contributed by atoms with van der Waals surface area (Å²) in [5.41, 5.74) is 0. The minimum atomic E-state index is -0.995. The number of carbonyl (C=O) groups excluding carboxylic acids is 1. The predicted molar refractivity (Wildman–Crippen MR) is 101 cm³/mol. The summed E-state index contributed by atoms with van der Waals surface area (Å²) in [4.78, 5) is 11.3. The van der Waals surface area contributed by atoms with Crippen LogP contribution in [0.2, 0.25) is 0 Å². The van der Waals surface area contributed by atoms with E-state index in [1.165, 1.54) is 70.6 Å². The number of aliphatic hydroxyl groups excluding tert-OH is 2. The molecule has 0 spiro atoms. The molecule has 0 rings (SSSR count). The fraction of sp³-hybridized carbons (Fsp3) is 0.950. The van der Waals surface area contributed by atoms with Gasteiger partial charge in [-0.25, -0.2) is 0 Å². The predicted octanol–water partition coefficient (Wildman–Crippen LogP) is 3.99. The molecule has 0 bridgehead atoms. The van der Waals surface area contributed by atoms with Crippen molar-refractivity contribution in [2.75, 3.05) is 26.4 Å². The smallest absolute Gasteiger partial charge is 0.308 e. The lowest BCUT2D eigenvalue weighted by molar-refractivity contribution is -0.148. The second kappa shape index (κ2) is 19.7. The lowest BCUT2D eigenvalue weighted by Gasteiger charge is -2.08. The van der Waals surface area contributed by atoms with Crippen molar-refractivity contribution in [3.63, 3.8) is 0 Å². The first kappa shape index (κ1) is 24.4. The zero-order valence-electron chi connectivity index (χ0n) is 16.2. The Kier molecular flexibility index (Phi) is 19.2. The maximum atomic E-state index is 11.3. The van der Waals surface area contributed by atoms with Crippen molar-refractivity contribution in [2.24, 2.45) is 0 Å². The van der Waals surface area contributed by atoms with E-state index in [-0.39, 0.29) is 13.0 Å². The minimum Gasteiger partial charge on any atom is -0.463 e. The van der Waals surface area contributed by atoms with E-state index < -0.39 is 18.7 Å². The van der Waals surface area contributed by atoms with Crippen molar-refractivity contribution >= 4 is 5.97 Å². The molecule has 0 aromatic rings. The van der Waals surface area contributed by atoms with Gasteiger partial charge in [-0.15, -0.1) is 0 Å². The molecule has 5 heteroatoms. The quantitative estimate of drug-likeness (QED) is 0.269. The van der Waals surface area contributed by atoms with E-state index in [1.54, 1.807) is 0 Å². The van der Waals surface area contributed by atoms with Crippen LogP contribution in [0.3, 0.4) is 0 Å². The molecule has 0 aromatic heterocycles. The Bertz CT molecular complexity index is 283. The number of carbonyl (C=O) groups is 1. The van der Waals surface area contributed by atoms with Crippen LogP contribution >= 0.6 is 0 Å². The zero-order chi connectivity index (χ0) is 18.6. The van der Waals surface area contributed by atoms with Gasteiger partial charge in [0.25, 0.3) is 0 Å². The Balaban J connectivity index is 3.12. The van der Waals surface area contributed by atoms with E-state index in [9.17, 15) is 4.79 Å². The summed E-state index contributed by atoms with van der Waals surface area (Å²) in [5.74, 6) is -0.401. The number of esters is 1. The van der Waals surface area contributed by atoms with Gasteiger partial charge in [0.2, 0.25) is 0 Å². The van der Waals surface area contributed by atoms with Crippen molar-refractivity contribution in [1.29, 1.82) is 0 Å². The van der Waals surface area contributed by atoms with Crippen molar-refractivity contribution < 1.29 is 24.5 Å². The molecule has 5 nitrogen and oxygen atoms in total. The molecule has 0 amide bonds. The topological polar surface area (TPSA) is 76.0 Å². The molecule has 0 aliphatic carbocycles. The number of hydrogen-bond donors (Lipinski definition) is 2. The fourth-order valence-corrected chi connectivity index (χ4v) is 2.62. The number of unbranched alkanes of at least 4 members (excludes halogenated alkanes) is 11. The molecule has 25 heavy (non-hydrogen) atoms. The van der Waals surface area contributed by atoms with Crippen molar-refractivity contribution in [1.82, 2.24) is 0 Å². The largest absolute Gasteiger partial charge is 0.463 e. The molecule has 0 saturated heterocycles. The van der Waals surface area contributed by atoms with Crippen molar-refractivity contribution in [2.45, 2.75) is 96.5 Å². The van der Waals surface area contributed by atoms with Gasteiger partial charge >= 0.3 is 5.97 Å². The first-order valence-corrected chi connectivity index (χ1v) is 10.2. The van der Waals surface area contributed by atoms with Gasteiger partial charge in [-0.2, -0.15) is 0 Å². The molecular weight excluding hydrogens is 320 g/mol. The van der Waals surface area contributed by atoms with Crippen LogP contribution in [0.4, 0.5) is 0 Å². The van der Waals surface area contributed by atoms with Gasteiger partial charge in [0.1, 0.15) is 12.7 Å². The maximum Gasteiger partial charge on any atom is 0.308 e. The van der Waals surface area contributed by atoms with Gasteiger partial charge in [-0.05, 0) is 6.42 Å². The summed E-state index contributed by atoms with van der Waals surface area (Å²) in [6, 6.07) is 0. The summed E-state index contributed by atoms with van der Waals surface area (Å²) >= 11 is 0. The maximum absolute atomic E-state index is 11.3. The van der Waals surface area contributed by atoms with Gasteiger partial charge in [0, 0.05) is 6.61 Å². The Labute approximate surface area is 154 Å². The highest BCUT2D eigenvalue weighted by atomic mass is 16.5. The van der Waals surface area contributed by atoms with E-state index in [0.717, 1.165) is 6.42 Å². The van der Waals surface area contributed by atoms with Crippen LogP contribution in [0.1, 0.15) is 90.4 Å². The van der Waals surface area contributed by atoms with Crippen LogP contribution in [-0.4, -0.2) is 48.7 Å². The lowest BCUT2D eigenvalue weighted by Crippen LogP contribution is -2.22. The molecule has 0 fully saturated rings. The van der Waals surface area contributed by atoms with E-state index in [4.69, 9.17) is 19.7 Å². The van der Waals surface area contributed by atoms with E-state index >= 15 is 0 Å². The number of aliphatic hydroxyl groups is 2. The summed E-state index contributed by atoms with van der Waals surface area (Å²) in [6.07, 6.45) is 15.0. The highest BCUT2D eigenvalue weighted by molar-refractivity contribution is 5.69. The van der Waals surface area contributed by atoms with Gasteiger partial charge in [-0.3, -0.25) is 4.79 Å². The minimum absolute atomic E-state index is 0.159. The average molecular weight is 361 g/mol. The molecule has 1 atom stereocenters. The van der Waals surface area contributed by atoms with Crippen molar-refractivity contribution in [3.8, 4) is 0 Å². The third-order valence-corrected chi connectivity index (χ3v) is 4.24. The molecule has 0 heterocycles. The van der Waals surface area contributed by atoms with E-state index in [2.05, 4.69) is 6.92 Å². The third kappa shape index (κ3) is 19.5. The Morgan fingerprint density at radius 2 is 1.36 bits per heavy atom. The van der Waals surface area contributed by atoms with Crippen molar-refractivity contribution in [3.05, 3.63) is 0 Å². The van der Waals surface area contributed by atoms with Crippen LogP contribution in [0, 0.1) is 0 Å². The van der Waals surface area contributed by atoms with Crippen LogP contribution in [0.15, 0.2) is 0 Å². The molecule has 0 aliphatic rings. The normalized spacial score (nSPS) is 12.3. The molecule has 0 aliphatic heterocycles. The number of hydrogen-bond acceptors (Lipinski definition) is 5. The van der Waals surface area contributed by atoms with E-state index in [0.29, 0.717) is 13.2 Å². The first-order chi connectivity index (χ1) is 12.2. The SMILES string of the molecule is CCCCCCCCCCCCCCOCCC(=O)OCC(O)CO. The van der Waals surface area contributed by atoms with Gasteiger partial charge in [0.05, 0.1) is 19.6 Å². The molecule has 0 radical (unpaired) electrons. The standard InChI is InChI=1S/C20H40O5/c1-2-3-4-5-6-7-8-9-10-11-12-13-15-24-16-14-20(23)25-18-19(22)17-21/h19,21-22H,2-18H2,1H3. The van der Waals surface area contributed by atoms with Crippen LogP contribution in [0.5, 0.6) is 0 Å². The lowest BCUT2D eigenvalue weighted by atomic mass is 10.1. The highest BCUT2D eigenvalue weighted by Crippen LogP contribution is 2.11.